The standard InChI is InChI=1S/C32H38BrN3O6S/c1-29-10-7-22-23(32(29,40)13-9-21(29)19-14-26(37)41-17-19)8-12-31(39)15-20(42-27(38)16-33)6-11-30(22,31)18-34-36-28-35-24-4-2-3-5-25(24)43-28/h2-5,14,18,20-23,39-40H,6-13,15-17H2,1H3,(H,35,36)/b34-18-/t20-,21-,22+,23-,29-,30-,31+,32-/m0/s1. The molecule has 1 aliphatic heterocycles. The van der Waals surface area contributed by atoms with Crippen LogP contribution >= 0.6 is 27.3 Å². The molecule has 0 radical (unpaired) electrons. The van der Waals surface area contributed by atoms with Gasteiger partial charge in [-0.15, -0.1) is 0 Å². The molecule has 5 aliphatic rings. The van der Waals surface area contributed by atoms with Gasteiger partial charge < -0.3 is 19.7 Å². The number of rotatable bonds is 6. The van der Waals surface area contributed by atoms with Gasteiger partial charge in [-0.1, -0.05) is 46.3 Å². The predicted molar refractivity (Wildman–Crippen MR) is 167 cm³/mol. The summed E-state index contributed by atoms with van der Waals surface area (Å²) in [6, 6.07) is 7.94. The highest BCUT2D eigenvalue weighted by atomic mass is 79.9. The van der Waals surface area contributed by atoms with E-state index in [4.69, 9.17) is 14.6 Å². The molecule has 3 N–H and O–H groups in total. The summed E-state index contributed by atoms with van der Waals surface area (Å²) in [5.41, 5.74) is 1.88. The van der Waals surface area contributed by atoms with E-state index >= 15 is 0 Å². The number of anilines is 1. The number of aliphatic hydroxyl groups is 2. The third-order valence-corrected chi connectivity index (χ3v) is 13.2. The number of carbonyl (C=O) groups is 2. The van der Waals surface area contributed by atoms with Gasteiger partial charge in [0, 0.05) is 29.5 Å². The first kappa shape index (κ1) is 29.4. The lowest BCUT2D eigenvalue weighted by atomic mass is 9.41. The van der Waals surface area contributed by atoms with Crippen molar-refractivity contribution in [2.75, 3.05) is 17.4 Å². The van der Waals surface area contributed by atoms with Gasteiger partial charge in [0.1, 0.15) is 18.0 Å². The van der Waals surface area contributed by atoms with Crippen molar-refractivity contribution in [3.05, 3.63) is 35.9 Å². The number of ether oxygens (including phenoxy) is 2. The Morgan fingerprint density at radius 1 is 1.19 bits per heavy atom. The number of cyclic esters (lactones) is 1. The quantitative estimate of drug-likeness (QED) is 0.162. The topological polar surface area (TPSA) is 130 Å². The maximum Gasteiger partial charge on any atom is 0.331 e. The van der Waals surface area contributed by atoms with Crippen molar-refractivity contribution in [3.8, 4) is 0 Å². The van der Waals surface area contributed by atoms with Crippen LogP contribution < -0.4 is 5.43 Å². The molecule has 0 amide bonds. The van der Waals surface area contributed by atoms with Gasteiger partial charge in [-0.2, -0.15) is 5.10 Å². The molecule has 7 rings (SSSR count). The number of alkyl halides is 1. The number of halogens is 1. The van der Waals surface area contributed by atoms with Crippen LogP contribution in [-0.4, -0.2) is 62.6 Å². The van der Waals surface area contributed by atoms with Gasteiger partial charge >= 0.3 is 11.9 Å². The summed E-state index contributed by atoms with van der Waals surface area (Å²) in [5.74, 6) is -0.573. The smallest absolute Gasteiger partial charge is 0.331 e. The lowest BCUT2D eigenvalue weighted by molar-refractivity contribution is -0.238. The Kier molecular flexibility index (Phi) is 7.26. The zero-order chi connectivity index (χ0) is 30.0. The summed E-state index contributed by atoms with van der Waals surface area (Å²) in [7, 11) is 0. The predicted octanol–water partition coefficient (Wildman–Crippen LogP) is 5.35. The number of nitrogens with one attached hydrogen (secondary N) is 1. The van der Waals surface area contributed by atoms with Gasteiger partial charge in [0.25, 0.3) is 0 Å². The number of hydrazone groups is 1. The molecule has 230 valence electrons. The van der Waals surface area contributed by atoms with E-state index in [9.17, 15) is 19.8 Å². The minimum absolute atomic E-state index is 0.00717. The summed E-state index contributed by atoms with van der Waals surface area (Å²) in [6.07, 6.45) is 8.94. The Balaban J connectivity index is 1.22. The zero-order valence-electron chi connectivity index (χ0n) is 24.3. The third kappa shape index (κ3) is 4.51. The summed E-state index contributed by atoms with van der Waals surface area (Å²) in [6.45, 7) is 2.50. The second-order valence-electron chi connectivity index (χ2n) is 13.5. The Bertz CT molecular complexity index is 1480. The average Bonchev–Trinajstić information content (AvgIpc) is 3.67. The highest BCUT2D eigenvalue weighted by molar-refractivity contribution is 9.09. The van der Waals surface area contributed by atoms with E-state index in [-0.39, 0.29) is 46.5 Å². The van der Waals surface area contributed by atoms with Gasteiger partial charge in [-0.05, 0) is 86.8 Å². The molecule has 43 heavy (non-hydrogen) atoms. The van der Waals surface area contributed by atoms with Crippen LogP contribution in [0.15, 0.2) is 41.0 Å². The highest BCUT2D eigenvalue weighted by Crippen LogP contribution is 2.70. The van der Waals surface area contributed by atoms with Gasteiger partial charge in [0.05, 0.1) is 21.4 Å². The normalized spacial score (nSPS) is 40.5. The molecule has 0 saturated heterocycles. The first-order valence-electron chi connectivity index (χ1n) is 15.3. The van der Waals surface area contributed by atoms with Crippen LogP contribution in [0.5, 0.6) is 0 Å². The molecule has 4 aliphatic carbocycles. The van der Waals surface area contributed by atoms with Crippen molar-refractivity contribution in [1.29, 1.82) is 0 Å². The fraction of sp³-hybridized carbons (Fsp3) is 0.625. The molecule has 4 saturated carbocycles. The minimum Gasteiger partial charge on any atom is -0.462 e. The molecule has 0 spiro atoms. The second-order valence-corrected chi connectivity index (χ2v) is 15.1. The molecule has 2 heterocycles. The number of aromatic nitrogens is 1. The Hall–Kier alpha value is -2.34. The number of thiazole rings is 1. The fourth-order valence-corrected chi connectivity index (χ4v) is 10.7. The Labute approximate surface area is 263 Å². The molecule has 2 aromatic rings. The maximum atomic E-state index is 12.7. The molecule has 0 bridgehead atoms. The zero-order valence-corrected chi connectivity index (χ0v) is 26.7. The lowest BCUT2D eigenvalue weighted by Gasteiger charge is -2.65. The van der Waals surface area contributed by atoms with Crippen LogP contribution in [0.25, 0.3) is 10.2 Å². The maximum absolute atomic E-state index is 12.7. The third-order valence-electron chi connectivity index (χ3n) is 11.8. The molecule has 1 aromatic carbocycles. The molecule has 4 fully saturated rings. The van der Waals surface area contributed by atoms with E-state index < -0.39 is 16.6 Å². The van der Waals surface area contributed by atoms with Gasteiger partial charge in [-0.25, -0.2) is 9.78 Å². The van der Waals surface area contributed by atoms with E-state index in [0.29, 0.717) is 50.3 Å². The van der Waals surface area contributed by atoms with E-state index in [1.165, 1.54) is 11.3 Å². The number of nitrogens with zero attached hydrogens (tertiary/aromatic N) is 2. The average molecular weight is 673 g/mol. The lowest BCUT2D eigenvalue weighted by Crippen LogP contribution is -2.69. The number of para-hydroxylation sites is 1. The fourth-order valence-electron chi connectivity index (χ4n) is 9.78. The van der Waals surface area contributed by atoms with Crippen molar-refractivity contribution >= 4 is 60.8 Å². The summed E-state index contributed by atoms with van der Waals surface area (Å²) >= 11 is 4.72. The van der Waals surface area contributed by atoms with E-state index in [0.717, 1.165) is 35.1 Å². The van der Waals surface area contributed by atoms with Crippen molar-refractivity contribution in [3.63, 3.8) is 0 Å². The van der Waals surface area contributed by atoms with Crippen molar-refractivity contribution < 1.29 is 29.3 Å². The molecule has 8 atom stereocenters. The second kappa shape index (κ2) is 10.6. The largest absolute Gasteiger partial charge is 0.462 e. The SMILES string of the molecule is C[C@@]12CC[C@@H]3[C@H](CC[C@@]4(O)C[C@@H](OC(=O)CBr)CC[C@]34/C=N\Nc3nc4ccccc4s3)[C@@]1(O)CC[C@H]2C1=CC(=O)OC1. The van der Waals surface area contributed by atoms with Crippen LogP contribution in [0.2, 0.25) is 0 Å². The van der Waals surface area contributed by atoms with E-state index in [1.54, 1.807) is 6.08 Å². The summed E-state index contributed by atoms with van der Waals surface area (Å²) in [4.78, 5) is 28.7. The highest BCUT2D eigenvalue weighted by Gasteiger charge is 2.71. The Morgan fingerprint density at radius 3 is 2.77 bits per heavy atom. The van der Waals surface area contributed by atoms with E-state index in [1.807, 2.05) is 30.5 Å². The molecular weight excluding hydrogens is 634 g/mol. The first-order valence-corrected chi connectivity index (χ1v) is 17.3. The number of fused-ring (bicyclic) bond motifs is 6. The monoisotopic (exact) mass is 671 g/mol. The van der Waals surface area contributed by atoms with Crippen LogP contribution in [0.1, 0.15) is 64.7 Å². The van der Waals surface area contributed by atoms with Crippen molar-refractivity contribution in [2.24, 2.45) is 33.7 Å². The van der Waals surface area contributed by atoms with Crippen molar-refractivity contribution in [2.45, 2.75) is 82.0 Å². The summed E-state index contributed by atoms with van der Waals surface area (Å²) < 4.78 is 12.1. The Morgan fingerprint density at radius 2 is 2.00 bits per heavy atom. The summed E-state index contributed by atoms with van der Waals surface area (Å²) in [5, 5.41) is 30.7. The number of hydrogen-bond donors (Lipinski definition) is 3. The van der Waals surface area contributed by atoms with Crippen molar-refractivity contribution in [1.82, 2.24) is 4.98 Å². The van der Waals surface area contributed by atoms with Crippen LogP contribution in [0.4, 0.5) is 5.13 Å². The van der Waals surface area contributed by atoms with Crippen LogP contribution in [0, 0.1) is 28.6 Å². The first-order chi connectivity index (χ1) is 20.6. The molecule has 11 heteroatoms. The van der Waals surface area contributed by atoms with Gasteiger partial charge in [0.2, 0.25) is 5.13 Å². The van der Waals surface area contributed by atoms with E-state index in [2.05, 4.69) is 33.3 Å². The minimum atomic E-state index is -1.14. The van der Waals surface area contributed by atoms with Crippen LogP contribution in [-0.2, 0) is 19.1 Å². The number of carbonyl (C=O) groups excluding carboxylic acids is 2. The van der Waals surface area contributed by atoms with Gasteiger partial charge in [0.15, 0.2) is 0 Å². The molecule has 0 unspecified atom stereocenters. The number of hydrogen-bond acceptors (Lipinski definition) is 10. The van der Waals surface area contributed by atoms with Crippen LogP contribution in [0.3, 0.4) is 0 Å². The number of benzene rings is 1. The molecule has 9 nitrogen and oxygen atoms in total. The number of esters is 2. The molecular formula is C32H38BrN3O6S. The van der Waals surface area contributed by atoms with Gasteiger partial charge in [-0.3, -0.25) is 10.2 Å². The molecule has 1 aromatic heterocycles.